The molecule has 1 spiro atoms. The van der Waals surface area contributed by atoms with Gasteiger partial charge in [0, 0.05) is 52.2 Å². The van der Waals surface area contributed by atoms with Crippen LogP contribution in [-0.2, 0) is 6.42 Å². The van der Waals surface area contributed by atoms with Gasteiger partial charge in [0.1, 0.15) is 17.3 Å². The molecule has 30 heavy (non-hydrogen) atoms. The number of amides is 1. The van der Waals surface area contributed by atoms with E-state index in [0.29, 0.717) is 25.3 Å². The minimum absolute atomic E-state index is 0.00243. The number of rotatable bonds is 2. The van der Waals surface area contributed by atoms with Gasteiger partial charge in [-0.2, -0.15) is 0 Å². The molecule has 0 aliphatic carbocycles. The van der Waals surface area contributed by atoms with E-state index in [4.69, 9.17) is 0 Å². The monoisotopic (exact) mass is 408 g/mol. The largest absolute Gasteiger partial charge is 0.391 e. The maximum atomic E-state index is 13.1. The number of likely N-dealkylation sites (N-methyl/N-ethyl adjacent to an activating group) is 1. The molecule has 1 atom stereocenters. The quantitative estimate of drug-likeness (QED) is 0.803. The fourth-order valence-electron chi connectivity index (χ4n) is 5.21. The lowest BCUT2D eigenvalue weighted by atomic mass is 9.71. The molecule has 3 aliphatic heterocycles. The van der Waals surface area contributed by atoms with E-state index in [1.54, 1.807) is 18.6 Å². The van der Waals surface area contributed by atoms with Gasteiger partial charge in [-0.15, -0.1) is 0 Å². The van der Waals surface area contributed by atoms with Crippen LogP contribution in [0.4, 0.5) is 11.6 Å². The van der Waals surface area contributed by atoms with Gasteiger partial charge < -0.3 is 19.8 Å². The second-order valence-corrected chi connectivity index (χ2v) is 8.95. The highest BCUT2D eigenvalue weighted by Crippen LogP contribution is 2.41. The minimum Gasteiger partial charge on any atom is -0.391 e. The Labute approximate surface area is 176 Å². The van der Waals surface area contributed by atoms with E-state index in [9.17, 15) is 9.90 Å². The number of likely N-dealkylation sites (tertiary alicyclic amines) is 1. The van der Waals surface area contributed by atoms with E-state index in [1.165, 1.54) is 5.56 Å². The van der Waals surface area contributed by atoms with Crippen LogP contribution in [0.2, 0.25) is 0 Å². The lowest BCUT2D eigenvalue weighted by Gasteiger charge is -2.49. The van der Waals surface area contributed by atoms with Crippen molar-refractivity contribution in [3.63, 3.8) is 0 Å². The highest BCUT2D eigenvalue weighted by Gasteiger charge is 2.43. The first-order valence-corrected chi connectivity index (χ1v) is 10.7. The SMILES string of the molecule is CN1CCc2ccc(C(=O)N3CCC4(CC3)CC(O)CN(c3cnccn3)C4)nc21. The van der Waals surface area contributed by atoms with E-state index in [-0.39, 0.29) is 11.3 Å². The molecule has 8 heteroatoms. The number of nitrogens with zero attached hydrogens (tertiary/aromatic N) is 6. The first kappa shape index (κ1) is 19.2. The molecule has 8 nitrogen and oxygen atoms in total. The average molecular weight is 409 g/mol. The number of carbonyl (C=O) groups is 1. The number of hydrogen-bond donors (Lipinski definition) is 1. The van der Waals surface area contributed by atoms with Gasteiger partial charge in [-0.1, -0.05) is 6.07 Å². The molecule has 2 saturated heterocycles. The summed E-state index contributed by atoms with van der Waals surface area (Å²) in [5, 5.41) is 10.5. The maximum Gasteiger partial charge on any atom is 0.272 e. The van der Waals surface area contributed by atoms with Crippen molar-refractivity contribution >= 4 is 17.5 Å². The Kier molecular flexibility index (Phi) is 4.81. The highest BCUT2D eigenvalue weighted by molar-refractivity contribution is 5.93. The van der Waals surface area contributed by atoms with Gasteiger partial charge in [0.25, 0.3) is 5.91 Å². The predicted octanol–water partition coefficient (Wildman–Crippen LogP) is 1.36. The third-order valence-electron chi connectivity index (χ3n) is 6.86. The summed E-state index contributed by atoms with van der Waals surface area (Å²) in [7, 11) is 2.02. The third kappa shape index (κ3) is 3.49. The van der Waals surface area contributed by atoms with E-state index in [0.717, 1.165) is 50.4 Å². The Hall–Kier alpha value is -2.74. The van der Waals surface area contributed by atoms with Gasteiger partial charge in [0.15, 0.2) is 0 Å². The molecule has 2 aromatic heterocycles. The topological polar surface area (TPSA) is 85.7 Å². The molecule has 5 heterocycles. The Balaban J connectivity index is 1.28. The summed E-state index contributed by atoms with van der Waals surface area (Å²) in [5.41, 5.74) is 1.74. The first-order chi connectivity index (χ1) is 14.5. The Morgan fingerprint density at radius 3 is 2.80 bits per heavy atom. The number of anilines is 2. The van der Waals surface area contributed by atoms with Crippen molar-refractivity contribution in [1.82, 2.24) is 19.9 Å². The molecule has 3 aliphatic rings. The van der Waals surface area contributed by atoms with Crippen molar-refractivity contribution in [1.29, 1.82) is 0 Å². The summed E-state index contributed by atoms with van der Waals surface area (Å²) < 4.78 is 0. The zero-order chi connectivity index (χ0) is 20.7. The van der Waals surface area contributed by atoms with Crippen LogP contribution in [0, 0.1) is 5.41 Å². The third-order valence-corrected chi connectivity index (χ3v) is 6.86. The summed E-state index contributed by atoms with van der Waals surface area (Å²) in [6.45, 7) is 3.75. The molecule has 0 bridgehead atoms. The zero-order valence-corrected chi connectivity index (χ0v) is 17.4. The molecule has 5 rings (SSSR count). The van der Waals surface area contributed by atoms with Gasteiger partial charge in [0.05, 0.1) is 12.3 Å². The average Bonchev–Trinajstić information content (AvgIpc) is 3.14. The molecule has 2 fully saturated rings. The van der Waals surface area contributed by atoms with Crippen LogP contribution >= 0.6 is 0 Å². The Morgan fingerprint density at radius 1 is 1.20 bits per heavy atom. The molecule has 0 radical (unpaired) electrons. The molecular weight excluding hydrogens is 380 g/mol. The van der Waals surface area contributed by atoms with Gasteiger partial charge in [-0.05, 0) is 42.7 Å². The normalized spacial score (nSPS) is 23.0. The number of aliphatic hydroxyl groups is 1. The smallest absolute Gasteiger partial charge is 0.272 e. The molecular formula is C22H28N6O2. The highest BCUT2D eigenvalue weighted by atomic mass is 16.3. The summed E-state index contributed by atoms with van der Waals surface area (Å²) in [6.07, 6.45) is 8.21. The van der Waals surface area contributed by atoms with Crippen molar-refractivity contribution in [2.75, 3.05) is 49.6 Å². The van der Waals surface area contributed by atoms with Gasteiger partial charge in [-0.3, -0.25) is 9.78 Å². The second-order valence-electron chi connectivity index (χ2n) is 8.95. The van der Waals surface area contributed by atoms with Gasteiger partial charge in [0.2, 0.25) is 0 Å². The summed E-state index contributed by atoms with van der Waals surface area (Å²) in [5.74, 6) is 1.75. The van der Waals surface area contributed by atoms with Crippen molar-refractivity contribution in [3.8, 4) is 0 Å². The molecule has 0 aromatic carbocycles. The number of β-amino-alcohol motifs (C(OH)–C–C–N with tert-alkyl or cyclic N) is 1. The van der Waals surface area contributed by atoms with Crippen LogP contribution in [0.1, 0.15) is 35.3 Å². The molecule has 1 unspecified atom stereocenters. The van der Waals surface area contributed by atoms with E-state index in [2.05, 4.69) is 24.8 Å². The zero-order valence-electron chi connectivity index (χ0n) is 17.4. The molecule has 1 N–H and O–H groups in total. The van der Waals surface area contributed by atoms with Crippen molar-refractivity contribution in [2.24, 2.45) is 5.41 Å². The molecule has 2 aromatic rings. The summed E-state index contributed by atoms with van der Waals surface area (Å²) in [6, 6.07) is 3.91. The number of aliphatic hydroxyl groups excluding tert-OH is 1. The number of fused-ring (bicyclic) bond motifs is 1. The van der Waals surface area contributed by atoms with E-state index in [1.807, 2.05) is 24.1 Å². The van der Waals surface area contributed by atoms with Gasteiger partial charge in [-0.25, -0.2) is 9.97 Å². The summed E-state index contributed by atoms with van der Waals surface area (Å²) in [4.78, 5) is 32.5. The summed E-state index contributed by atoms with van der Waals surface area (Å²) >= 11 is 0. The van der Waals surface area contributed by atoms with Crippen LogP contribution in [0.3, 0.4) is 0 Å². The predicted molar refractivity (Wildman–Crippen MR) is 114 cm³/mol. The lowest BCUT2D eigenvalue weighted by molar-refractivity contribution is 0.0244. The fourth-order valence-corrected chi connectivity index (χ4v) is 5.21. The van der Waals surface area contributed by atoms with Crippen molar-refractivity contribution < 1.29 is 9.90 Å². The van der Waals surface area contributed by atoms with Crippen molar-refractivity contribution in [2.45, 2.75) is 31.8 Å². The minimum atomic E-state index is -0.392. The first-order valence-electron chi connectivity index (χ1n) is 10.7. The number of hydrogen-bond acceptors (Lipinski definition) is 7. The lowest BCUT2D eigenvalue weighted by Crippen LogP contribution is -2.54. The Morgan fingerprint density at radius 2 is 2.03 bits per heavy atom. The van der Waals surface area contributed by atoms with Crippen LogP contribution < -0.4 is 9.80 Å². The second kappa shape index (κ2) is 7.50. The standard InChI is InChI=1S/C22H28N6O2/c1-26-9-4-16-2-3-18(25-20(16)26)21(30)27-10-5-22(6-11-27)12-17(29)14-28(15-22)19-13-23-7-8-24-19/h2-3,7-8,13,17,29H,4-6,9-12,14-15H2,1H3. The molecule has 1 amide bonds. The maximum absolute atomic E-state index is 13.1. The molecule has 0 saturated carbocycles. The van der Waals surface area contributed by atoms with Gasteiger partial charge >= 0.3 is 0 Å². The van der Waals surface area contributed by atoms with Crippen LogP contribution in [0.15, 0.2) is 30.7 Å². The number of carbonyl (C=O) groups excluding carboxylic acids is 1. The number of piperidine rings is 2. The number of aromatic nitrogens is 3. The molecule has 158 valence electrons. The van der Waals surface area contributed by atoms with Crippen LogP contribution in [-0.4, -0.2) is 76.7 Å². The van der Waals surface area contributed by atoms with E-state index >= 15 is 0 Å². The number of pyridine rings is 1. The van der Waals surface area contributed by atoms with Crippen LogP contribution in [0.25, 0.3) is 0 Å². The fraction of sp³-hybridized carbons (Fsp3) is 0.545. The van der Waals surface area contributed by atoms with E-state index < -0.39 is 6.10 Å². The van der Waals surface area contributed by atoms with Crippen molar-refractivity contribution in [3.05, 3.63) is 42.0 Å². The van der Waals surface area contributed by atoms with Crippen LogP contribution in [0.5, 0.6) is 0 Å². The Bertz CT molecular complexity index is 928.